The number of aromatic nitrogens is 1. The van der Waals surface area contributed by atoms with Crippen molar-refractivity contribution in [1.29, 1.82) is 0 Å². The highest BCUT2D eigenvalue weighted by Crippen LogP contribution is 2.38. The van der Waals surface area contributed by atoms with E-state index in [1.54, 1.807) is 0 Å². The SMILES string of the molecule is CC(CCC(C)(C)c1ccc2c(c1)sc1ccccc12)c1ccncc1. The van der Waals surface area contributed by atoms with Gasteiger partial charge in [-0.25, -0.2) is 0 Å². The van der Waals surface area contributed by atoms with Gasteiger partial charge in [0.05, 0.1) is 0 Å². The van der Waals surface area contributed by atoms with Crippen LogP contribution >= 0.6 is 11.3 Å². The van der Waals surface area contributed by atoms with Gasteiger partial charge in [-0.05, 0) is 59.6 Å². The monoisotopic (exact) mass is 359 g/mol. The van der Waals surface area contributed by atoms with Crippen molar-refractivity contribution in [1.82, 2.24) is 4.98 Å². The van der Waals surface area contributed by atoms with E-state index in [0.29, 0.717) is 5.92 Å². The molecule has 0 spiro atoms. The average molecular weight is 360 g/mol. The van der Waals surface area contributed by atoms with Gasteiger partial charge >= 0.3 is 0 Å². The third kappa shape index (κ3) is 3.26. The van der Waals surface area contributed by atoms with Crippen LogP contribution in [0.2, 0.25) is 0 Å². The Morgan fingerprint density at radius 1 is 0.923 bits per heavy atom. The standard InChI is InChI=1S/C24H25NS/c1-17(18-11-14-25-15-12-18)10-13-24(2,3)19-8-9-21-20-6-4-5-7-22(20)26-23(21)16-19/h4-9,11-12,14-17H,10,13H2,1-3H3. The Bertz CT molecular complexity index is 1030. The van der Waals surface area contributed by atoms with Crippen LogP contribution in [0.25, 0.3) is 20.2 Å². The lowest BCUT2D eigenvalue weighted by molar-refractivity contribution is 0.440. The van der Waals surface area contributed by atoms with Gasteiger partial charge in [-0.2, -0.15) is 0 Å². The number of fused-ring (bicyclic) bond motifs is 3. The van der Waals surface area contributed by atoms with Gasteiger partial charge in [0.25, 0.3) is 0 Å². The minimum Gasteiger partial charge on any atom is -0.265 e. The average Bonchev–Trinajstić information content (AvgIpc) is 3.04. The summed E-state index contributed by atoms with van der Waals surface area (Å²) >= 11 is 1.91. The van der Waals surface area contributed by atoms with Crippen molar-refractivity contribution in [3.8, 4) is 0 Å². The van der Waals surface area contributed by atoms with Crippen molar-refractivity contribution in [2.45, 2.75) is 44.9 Å². The fourth-order valence-corrected chi connectivity index (χ4v) is 4.87. The molecule has 132 valence electrons. The van der Waals surface area contributed by atoms with Crippen LogP contribution in [0.4, 0.5) is 0 Å². The Labute approximate surface area is 159 Å². The molecule has 0 aliphatic rings. The second kappa shape index (κ2) is 6.85. The van der Waals surface area contributed by atoms with Crippen molar-refractivity contribution in [3.05, 3.63) is 78.1 Å². The van der Waals surface area contributed by atoms with Crippen LogP contribution < -0.4 is 0 Å². The van der Waals surface area contributed by atoms with Crippen LogP contribution in [0.1, 0.15) is 50.7 Å². The van der Waals surface area contributed by atoms with E-state index in [9.17, 15) is 0 Å². The molecule has 0 aliphatic carbocycles. The van der Waals surface area contributed by atoms with Crippen molar-refractivity contribution >= 4 is 31.5 Å². The summed E-state index contributed by atoms with van der Waals surface area (Å²) in [6, 6.07) is 20.1. The largest absolute Gasteiger partial charge is 0.265 e. The first-order valence-electron chi connectivity index (χ1n) is 9.36. The quantitative estimate of drug-likeness (QED) is 0.364. The third-order valence-electron chi connectivity index (χ3n) is 5.64. The van der Waals surface area contributed by atoms with Gasteiger partial charge in [0.1, 0.15) is 0 Å². The van der Waals surface area contributed by atoms with Crippen molar-refractivity contribution < 1.29 is 0 Å². The van der Waals surface area contributed by atoms with Gasteiger partial charge in [0.15, 0.2) is 0 Å². The van der Waals surface area contributed by atoms with Crippen LogP contribution in [0.3, 0.4) is 0 Å². The Morgan fingerprint density at radius 2 is 1.65 bits per heavy atom. The molecule has 0 fully saturated rings. The highest BCUT2D eigenvalue weighted by atomic mass is 32.1. The minimum atomic E-state index is 0.172. The second-order valence-electron chi connectivity index (χ2n) is 7.91. The zero-order valence-electron chi connectivity index (χ0n) is 15.7. The molecule has 2 aromatic heterocycles. The maximum Gasteiger partial charge on any atom is 0.0358 e. The number of thiophene rings is 1. The van der Waals surface area contributed by atoms with Gasteiger partial charge in [-0.15, -0.1) is 11.3 Å². The van der Waals surface area contributed by atoms with Gasteiger partial charge in [0, 0.05) is 32.6 Å². The Hall–Kier alpha value is -2.19. The predicted octanol–water partition coefficient (Wildman–Crippen LogP) is 7.31. The normalized spacial score (nSPS) is 13.3. The van der Waals surface area contributed by atoms with Gasteiger partial charge in [0.2, 0.25) is 0 Å². The fourth-order valence-electron chi connectivity index (χ4n) is 3.73. The maximum absolute atomic E-state index is 4.13. The topological polar surface area (TPSA) is 12.9 Å². The number of benzene rings is 2. The molecule has 0 amide bonds. The molecule has 0 saturated carbocycles. The van der Waals surface area contributed by atoms with Crippen LogP contribution in [0.5, 0.6) is 0 Å². The first kappa shape index (κ1) is 17.2. The van der Waals surface area contributed by atoms with Crippen LogP contribution in [0.15, 0.2) is 67.0 Å². The molecule has 1 atom stereocenters. The van der Waals surface area contributed by atoms with Gasteiger partial charge in [-0.1, -0.05) is 51.1 Å². The molecular weight excluding hydrogens is 334 g/mol. The molecule has 0 N–H and O–H groups in total. The molecule has 0 radical (unpaired) electrons. The van der Waals surface area contributed by atoms with Crippen molar-refractivity contribution in [2.75, 3.05) is 0 Å². The molecule has 2 heterocycles. The molecule has 4 rings (SSSR count). The second-order valence-corrected chi connectivity index (χ2v) is 9.00. The van der Waals surface area contributed by atoms with Crippen LogP contribution in [0, 0.1) is 0 Å². The number of pyridine rings is 1. The predicted molar refractivity (Wildman–Crippen MR) is 114 cm³/mol. The van der Waals surface area contributed by atoms with Crippen molar-refractivity contribution in [3.63, 3.8) is 0 Å². The zero-order valence-corrected chi connectivity index (χ0v) is 16.5. The molecule has 0 bridgehead atoms. The summed E-state index contributed by atoms with van der Waals surface area (Å²) in [6.07, 6.45) is 6.15. The summed E-state index contributed by atoms with van der Waals surface area (Å²) < 4.78 is 2.78. The lowest BCUT2D eigenvalue weighted by Crippen LogP contribution is -2.18. The number of rotatable bonds is 5. The van der Waals surface area contributed by atoms with Gasteiger partial charge in [-0.3, -0.25) is 4.98 Å². The Kier molecular flexibility index (Phi) is 4.54. The molecule has 0 saturated heterocycles. The Morgan fingerprint density at radius 3 is 2.46 bits per heavy atom. The first-order valence-corrected chi connectivity index (χ1v) is 10.2. The highest BCUT2D eigenvalue weighted by Gasteiger charge is 2.22. The van der Waals surface area contributed by atoms with E-state index in [4.69, 9.17) is 0 Å². The third-order valence-corrected chi connectivity index (χ3v) is 6.77. The van der Waals surface area contributed by atoms with E-state index in [1.807, 2.05) is 23.7 Å². The van der Waals surface area contributed by atoms with E-state index >= 15 is 0 Å². The van der Waals surface area contributed by atoms with Crippen LogP contribution in [-0.4, -0.2) is 4.98 Å². The summed E-state index contributed by atoms with van der Waals surface area (Å²) in [5.74, 6) is 0.560. The lowest BCUT2D eigenvalue weighted by Gasteiger charge is -2.27. The number of hydrogen-bond donors (Lipinski definition) is 0. The molecule has 26 heavy (non-hydrogen) atoms. The van der Waals surface area contributed by atoms with E-state index in [1.165, 1.54) is 44.1 Å². The van der Waals surface area contributed by atoms with E-state index in [-0.39, 0.29) is 5.41 Å². The summed E-state index contributed by atoms with van der Waals surface area (Å²) in [6.45, 7) is 7.07. The lowest BCUT2D eigenvalue weighted by atomic mass is 9.78. The molecule has 0 aliphatic heterocycles. The number of nitrogens with zero attached hydrogens (tertiary/aromatic N) is 1. The summed E-state index contributed by atoms with van der Waals surface area (Å²) in [5, 5.41) is 2.76. The molecule has 2 aromatic carbocycles. The van der Waals surface area contributed by atoms with Crippen molar-refractivity contribution in [2.24, 2.45) is 0 Å². The minimum absolute atomic E-state index is 0.172. The summed E-state index contributed by atoms with van der Waals surface area (Å²) in [7, 11) is 0. The smallest absolute Gasteiger partial charge is 0.0358 e. The molecule has 4 aromatic rings. The molecule has 2 heteroatoms. The van der Waals surface area contributed by atoms with Crippen LogP contribution in [-0.2, 0) is 5.41 Å². The van der Waals surface area contributed by atoms with E-state index in [2.05, 4.69) is 80.4 Å². The van der Waals surface area contributed by atoms with Gasteiger partial charge < -0.3 is 0 Å². The molecule has 1 nitrogen and oxygen atoms in total. The first-order chi connectivity index (χ1) is 12.5. The molecule has 1 unspecified atom stereocenters. The Balaban J connectivity index is 1.58. The highest BCUT2D eigenvalue weighted by molar-refractivity contribution is 7.25. The van der Waals surface area contributed by atoms with E-state index < -0.39 is 0 Å². The van der Waals surface area contributed by atoms with E-state index in [0.717, 1.165) is 0 Å². The number of hydrogen-bond acceptors (Lipinski definition) is 2. The molecular formula is C24H25NS. The fraction of sp³-hybridized carbons (Fsp3) is 0.292. The summed E-state index contributed by atoms with van der Waals surface area (Å²) in [5.41, 5.74) is 3.00. The zero-order chi connectivity index (χ0) is 18.1. The maximum atomic E-state index is 4.13. The summed E-state index contributed by atoms with van der Waals surface area (Å²) in [4.78, 5) is 4.13.